The molecule has 1 aromatic rings. The number of hydrogen-bond acceptors (Lipinski definition) is 7. The Kier molecular flexibility index (Phi) is 11.9. The van der Waals surface area contributed by atoms with E-state index in [-0.39, 0.29) is 31.4 Å². The third-order valence-electron chi connectivity index (χ3n) is 4.16. The normalized spacial score (nSPS) is 11.1. The van der Waals surface area contributed by atoms with Gasteiger partial charge in [-0.3, -0.25) is 9.59 Å². The summed E-state index contributed by atoms with van der Waals surface area (Å²) in [4.78, 5) is 23.4. The fraction of sp³-hybridized carbons (Fsp3) is 0.652. The smallest absolute Gasteiger partial charge is 0.306 e. The molecule has 0 saturated carbocycles. The lowest BCUT2D eigenvalue weighted by atomic mass is 10.1. The molecule has 0 saturated heterocycles. The first kappa shape index (κ1) is 25.8. The van der Waals surface area contributed by atoms with Gasteiger partial charge < -0.3 is 24.1 Å². The number of benzene rings is 1. The van der Waals surface area contributed by atoms with E-state index in [1.165, 1.54) is 7.11 Å². The highest BCUT2D eigenvalue weighted by molar-refractivity contribution is 5.70. The van der Waals surface area contributed by atoms with E-state index >= 15 is 0 Å². The summed E-state index contributed by atoms with van der Waals surface area (Å²) in [5, 5.41) is 8.87. The van der Waals surface area contributed by atoms with Crippen LogP contribution >= 0.6 is 0 Å². The number of methoxy groups -OCH3 is 1. The number of unbranched alkanes of at least 4 members (excludes halogenated alkanes) is 2. The van der Waals surface area contributed by atoms with Gasteiger partial charge in [0.1, 0.15) is 17.1 Å². The second-order valence-corrected chi connectivity index (χ2v) is 7.98. The van der Waals surface area contributed by atoms with Crippen molar-refractivity contribution in [3.05, 3.63) is 23.8 Å². The van der Waals surface area contributed by atoms with Gasteiger partial charge in [-0.2, -0.15) is 0 Å². The summed E-state index contributed by atoms with van der Waals surface area (Å²) in [6.07, 6.45) is 3.91. The van der Waals surface area contributed by atoms with Crippen molar-refractivity contribution in [3.63, 3.8) is 0 Å². The minimum absolute atomic E-state index is 0.178. The van der Waals surface area contributed by atoms with Crippen LogP contribution in [0.3, 0.4) is 0 Å². The predicted molar refractivity (Wildman–Crippen MR) is 114 cm³/mol. The summed E-state index contributed by atoms with van der Waals surface area (Å²) >= 11 is 0. The van der Waals surface area contributed by atoms with E-state index in [2.05, 4.69) is 0 Å². The van der Waals surface area contributed by atoms with Crippen LogP contribution in [0.1, 0.15) is 64.9 Å². The first-order valence-electron chi connectivity index (χ1n) is 10.5. The minimum Gasteiger partial charge on any atom is -0.493 e. The lowest BCUT2D eigenvalue weighted by Crippen LogP contribution is -2.24. The van der Waals surface area contributed by atoms with Gasteiger partial charge in [0.15, 0.2) is 0 Å². The van der Waals surface area contributed by atoms with Crippen LogP contribution in [-0.4, -0.2) is 49.6 Å². The number of carbonyl (C=O) groups is 2. The molecular formula is C23H36O7. The molecule has 7 nitrogen and oxygen atoms in total. The maximum absolute atomic E-state index is 11.8. The first-order chi connectivity index (χ1) is 14.3. The van der Waals surface area contributed by atoms with E-state index in [0.29, 0.717) is 37.6 Å². The fourth-order valence-corrected chi connectivity index (χ4v) is 2.76. The Morgan fingerprint density at radius 1 is 0.900 bits per heavy atom. The molecule has 7 heteroatoms. The molecular weight excluding hydrogens is 388 g/mol. The van der Waals surface area contributed by atoms with Crippen LogP contribution in [-0.2, 0) is 25.5 Å². The average Bonchev–Trinajstić information content (AvgIpc) is 2.68. The van der Waals surface area contributed by atoms with Gasteiger partial charge in [-0.05, 0) is 65.0 Å². The molecule has 0 atom stereocenters. The predicted octanol–water partition coefficient (Wildman–Crippen LogP) is 3.83. The van der Waals surface area contributed by atoms with Crippen molar-refractivity contribution < 1.29 is 33.6 Å². The van der Waals surface area contributed by atoms with Crippen molar-refractivity contribution in [2.45, 2.75) is 71.3 Å². The largest absolute Gasteiger partial charge is 0.493 e. The molecule has 0 heterocycles. The second kappa shape index (κ2) is 13.9. The Bertz CT molecular complexity index is 649. The molecule has 1 rings (SSSR count). The molecule has 1 N–H and O–H groups in total. The average molecular weight is 425 g/mol. The van der Waals surface area contributed by atoms with Gasteiger partial charge in [0.2, 0.25) is 0 Å². The summed E-state index contributed by atoms with van der Waals surface area (Å²) in [5.74, 6) is 0.754. The van der Waals surface area contributed by atoms with E-state index in [1.807, 2.05) is 39.0 Å². The maximum atomic E-state index is 11.8. The molecule has 0 radical (unpaired) electrons. The highest BCUT2D eigenvalue weighted by Crippen LogP contribution is 2.30. The number of aliphatic hydroxyl groups excluding tert-OH is 1. The zero-order valence-corrected chi connectivity index (χ0v) is 18.7. The van der Waals surface area contributed by atoms with Gasteiger partial charge in [-0.25, -0.2) is 0 Å². The Morgan fingerprint density at radius 2 is 1.53 bits per heavy atom. The van der Waals surface area contributed by atoms with Crippen LogP contribution < -0.4 is 9.47 Å². The van der Waals surface area contributed by atoms with Gasteiger partial charge in [0.25, 0.3) is 0 Å². The molecule has 0 aliphatic carbocycles. The molecule has 0 aliphatic heterocycles. The number of rotatable bonds is 14. The molecule has 0 aliphatic rings. The molecule has 0 spiro atoms. The number of carbonyl (C=O) groups excluding carboxylic acids is 2. The summed E-state index contributed by atoms with van der Waals surface area (Å²) in [6, 6.07) is 5.53. The van der Waals surface area contributed by atoms with E-state index < -0.39 is 5.60 Å². The van der Waals surface area contributed by atoms with Crippen LogP contribution in [0.25, 0.3) is 0 Å². The lowest BCUT2D eigenvalue weighted by Gasteiger charge is -2.19. The van der Waals surface area contributed by atoms with Gasteiger partial charge in [-0.1, -0.05) is 6.07 Å². The van der Waals surface area contributed by atoms with E-state index in [4.69, 9.17) is 24.1 Å². The topological polar surface area (TPSA) is 91.3 Å². The fourth-order valence-electron chi connectivity index (χ4n) is 2.76. The zero-order valence-electron chi connectivity index (χ0n) is 18.7. The van der Waals surface area contributed by atoms with Crippen LogP contribution in [0.5, 0.6) is 11.5 Å². The molecule has 170 valence electrons. The van der Waals surface area contributed by atoms with Gasteiger partial charge in [0, 0.05) is 25.0 Å². The number of ether oxygens (including phenoxy) is 4. The Morgan fingerprint density at radius 3 is 2.10 bits per heavy atom. The van der Waals surface area contributed by atoms with E-state index in [9.17, 15) is 9.59 Å². The van der Waals surface area contributed by atoms with Gasteiger partial charge in [0.05, 0.1) is 20.3 Å². The molecule has 1 aromatic carbocycles. The highest BCUT2D eigenvalue weighted by Gasteiger charge is 2.17. The van der Waals surface area contributed by atoms with Crippen molar-refractivity contribution in [3.8, 4) is 11.5 Å². The van der Waals surface area contributed by atoms with Crippen molar-refractivity contribution in [1.29, 1.82) is 0 Å². The van der Waals surface area contributed by atoms with Gasteiger partial charge in [-0.15, -0.1) is 0 Å². The van der Waals surface area contributed by atoms with Crippen LogP contribution in [0.2, 0.25) is 0 Å². The molecule has 30 heavy (non-hydrogen) atoms. The summed E-state index contributed by atoms with van der Waals surface area (Å²) in [7, 11) is 1.36. The van der Waals surface area contributed by atoms with Gasteiger partial charge >= 0.3 is 11.9 Å². The highest BCUT2D eigenvalue weighted by atomic mass is 16.6. The SMILES string of the molecule is COC(=O)CCc1c(OCCCCCO)cccc1OCCCC(=O)OC(C)(C)C. The molecule has 0 bridgehead atoms. The Labute approximate surface area is 179 Å². The third kappa shape index (κ3) is 11.0. The van der Waals surface area contributed by atoms with Crippen LogP contribution in [0.4, 0.5) is 0 Å². The Balaban J connectivity index is 2.69. The van der Waals surface area contributed by atoms with Crippen molar-refractivity contribution in [1.82, 2.24) is 0 Å². The third-order valence-corrected chi connectivity index (χ3v) is 4.16. The molecule has 0 amide bonds. The van der Waals surface area contributed by atoms with Crippen molar-refractivity contribution in [2.24, 2.45) is 0 Å². The van der Waals surface area contributed by atoms with Crippen molar-refractivity contribution >= 4 is 11.9 Å². The monoisotopic (exact) mass is 424 g/mol. The standard InChI is InChI=1S/C23H36O7/c1-23(2,3)30-22(26)12-9-17-29-20-11-8-10-19(28-16-7-5-6-15-24)18(20)13-14-21(25)27-4/h8,10-11,24H,5-7,9,12-17H2,1-4H3. The molecule has 0 unspecified atom stereocenters. The zero-order chi connectivity index (χ0) is 22.4. The van der Waals surface area contributed by atoms with E-state index in [1.54, 1.807) is 0 Å². The number of hydrogen-bond donors (Lipinski definition) is 1. The first-order valence-corrected chi connectivity index (χ1v) is 10.5. The van der Waals surface area contributed by atoms with Crippen LogP contribution in [0.15, 0.2) is 18.2 Å². The van der Waals surface area contributed by atoms with Crippen LogP contribution in [0, 0.1) is 0 Å². The Hall–Kier alpha value is -2.28. The summed E-state index contributed by atoms with van der Waals surface area (Å²) in [6.45, 7) is 6.56. The molecule has 0 fully saturated rings. The maximum Gasteiger partial charge on any atom is 0.306 e. The lowest BCUT2D eigenvalue weighted by molar-refractivity contribution is -0.155. The number of aliphatic hydroxyl groups is 1. The second-order valence-electron chi connectivity index (χ2n) is 7.98. The number of esters is 2. The quantitative estimate of drug-likeness (QED) is 0.358. The molecule has 0 aromatic heterocycles. The summed E-state index contributed by atoms with van der Waals surface area (Å²) in [5.41, 5.74) is 0.310. The van der Waals surface area contributed by atoms with Crippen molar-refractivity contribution in [2.75, 3.05) is 26.9 Å². The minimum atomic E-state index is -0.498. The summed E-state index contributed by atoms with van der Waals surface area (Å²) < 4.78 is 21.8. The van der Waals surface area contributed by atoms with E-state index in [0.717, 1.165) is 24.8 Å².